The lowest BCUT2D eigenvalue weighted by atomic mass is 10.1. The third-order valence-electron chi connectivity index (χ3n) is 1.74. The molecule has 12 heavy (non-hydrogen) atoms. The van der Waals surface area contributed by atoms with Crippen LogP contribution < -0.4 is 5.73 Å². The molecule has 0 aromatic carbocycles. The van der Waals surface area contributed by atoms with Crippen molar-refractivity contribution in [3.05, 3.63) is 12.7 Å². The predicted octanol–water partition coefficient (Wildman–Crippen LogP) is 0.555. The van der Waals surface area contributed by atoms with Crippen molar-refractivity contribution in [2.75, 3.05) is 0 Å². The molecule has 0 radical (unpaired) electrons. The zero-order chi connectivity index (χ0) is 8.97. The number of nitrogens with one attached hydrogen (secondary N) is 1. The quantitative estimate of drug-likeness (QED) is 0.507. The van der Waals surface area contributed by atoms with Crippen molar-refractivity contribution in [3.63, 3.8) is 0 Å². The van der Waals surface area contributed by atoms with Gasteiger partial charge in [-0.25, -0.2) is 9.67 Å². The summed E-state index contributed by atoms with van der Waals surface area (Å²) in [5.41, 5.74) is 5.30. The fourth-order valence-corrected chi connectivity index (χ4v) is 1.08. The van der Waals surface area contributed by atoms with E-state index in [0.717, 1.165) is 6.42 Å². The highest BCUT2D eigenvalue weighted by Crippen LogP contribution is 2.12. The molecular formula is C7H13N5. The largest absolute Gasteiger partial charge is 0.388 e. The van der Waals surface area contributed by atoms with Crippen molar-refractivity contribution < 1.29 is 0 Å². The molecular weight excluding hydrogens is 154 g/mol. The third-order valence-corrected chi connectivity index (χ3v) is 1.74. The van der Waals surface area contributed by atoms with Gasteiger partial charge in [-0.05, 0) is 6.42 Å². The van der Waals surface area contributed by atoms with Crippen LogP contribution in [0.15, 0.2) is 12.7 Å². The molecule has 0 saturated heterocycles. The van der Waals surface area contributed by atoms with Gasteiger partial charge in [0.1, 0.15) is 12.7 Å². The minimum Gasteiger partial charge on any atom is -0.388 e. The smallest absolute Gasteiger partial charge is 0.137 e. The first-order valence-corrected chi connectivity index (χ1v) is 3.91. The van der Waals surface area contributed by atoms with E-state index in [1.807, 2.05) is 6.92 Å². The number of nitrogens with two attached hydrogens (primary N) is 1. The Morgan fingerprint density at radius 2 is 2.50 bits per heavy atom. The molecule has 0 aliphatic carbocycles. The number of amidine groups is 1. The summed E-state index contributed by atoms with van der Waals surface area (Å²) in [5, 5.41) is 11.1. The van der Waals surface area contributed by atoms with Gasteiger partial charge in [0.05, 0.1) is 11.9 Å². The molecule has 5 nitrogen and oxygen atoms in total. The maximum Gasteiger partial charge on any atom is 0.137 e. The van der Waals surface area contributed by atoms with E-state index in [9.17, 15) is 0 Å². The Morgan fingerprint density at radius 1 is 1.75 bits per heavy atom. The second kappa shape index (κ2) is 3.85. The molecule has 0 bridgehead atoms. The molecule has 1 aromatic heterocycles. The van der Waals surface area contributed by atoms with E-state index in [0.29, 0.717) is 6.42 Å². The molecule has 0 spiro atoms. The standard InChI is InChI=1S/C7H13N5/c1-2-6(3-7(8)9)12-5-10-4-11-12/h4-6H,2-3H2,1H3,(H3,8,9). The van der Waals surface area contributed by atoms with Crippen LogP contribution in [0.25, 0.3) is 0 Å². The summed E-state index contributed by atoms with van der Waals surface area (Å²) in [6.45, 7) is 2.04. The first-order valence-electron chi connectivity index (χ1n) is 3.91. The molecule has 1 rings (SSSR count). The molecule has 1 aromatic rings. The van der Waals surface area contributed by atoms with E-state index in [1.54, 1.807) is 11.0 Å². The molecule has 0 fully saturated rings. The van der Waals surface area contributed by atoms with Gasteiger partial charge in [0.15, 0.2) is 0 Å². The van der Waals surface area contributed by atoms with Crippen LogP contribution in [0.5, 0.6) is 0 Å². The van der Waals surface area contributed by atoms with Crippen LogP contribution in [0.4, 0.5) is 0 Å². The molecule has 3 N–H and O–H groups in total. The number of rotatable bonds is 4. The fraction of sp³-hybridized carbons (Fsp3) is 0.571. The fourth-order valence-electron chi connectivity index (χ4n) is 1.08. The van der Waals surface area contributed by atoms with Gasteiger partial charge < -0.3 is 5.73 Å². The monoisotopic (exact) mass is 167 g/mol. The molecule has 1 heterocycles. The van der Waals surface area contributed by atoms with Crippen molar-refractivity contribution in [2.45, 2.75) is 25.8 Å². The number of nitrogens with zero attached hydrogens (tertiary/aromatic N) is 3. The van der Waals surface area contributed by atoms with Gasteiger partial charge in [-0.15, -0.1) is 0 Å². The molecule has 0 amide bonds. The topological polar surface area (TPSA) is 80.6 Å². The second-order valence-corrected chi connectivity index (χ2v) is 2.67. The van der Waals surface area contributed by atoms with Crippen LogP contribution >= 0.6 is 0 Å². The van der Waals surface area contributed by atoms with Crippen molar-refractivity contribution in [1.29, 1.82) is 5.41 Å². The zero-order valence-corrected chi connectivity index (χ0v) is 7.07. The Bertz CT molecular complexity index is 240. The average molecular weight is 167 g/mol. The first kappa shape index (κ1) is 8.70. The van der Waals surface area contributed by atoms with E-state index >= 15 is 0 Å². The summed E-state index contributed by atoms with van der Waals surface area (Å²) in [7, 11) is 0. The summed E-state index contributed by atoms with van der Waals surface area (Å²) >= 11 is 0. The summed E-state index contributed by atoms with van der Waals surface area (Å²) in [4.78, 5) is 3.84. The Labute approximate surface area is 71.1 Å². The highest BCUT2D eigenvalue weighted by Gasteiger charge is 2.09. The number of hydrogen-bond acceptors (Lipinski definition) is 3. The lowest BCUT2D eigenvalue weighted by Gasteiger charge is -2.12. The van der Waals surface area contributed by atoms with Gasteiger partial charge in [0.2, 0.25) is 0 Å². The van der Waals surface area contributed by atoms with E-state index in [1.165, 1.54) is 6.33 Å². The molecule has 0 aliphatic rings. The minimum absolute atomic E-state index is 0.171. The molecule has 0 aliphatic heterocycles. The van der Waals surface area contributed by atoms with Gasteiger partial charge in [0, 0.05) is 6.42 Å². The first-order chi connectivity index (χ1) is 5.74. The van der Waals surface area contributed by atoms with Crippen LogP contribution in [-0.4, -0.2) is 20.6 Å². The SMILES string of the molecule is CCC(CC(=N)N)n1cncn1. The van der Waals surface area contributed by atoms with Crippen LogP contribution in [0, 0.1) is 5.41 Å². The van der Waals surface area contributed by atoms with Gasteiger partial charge in [0.25, 0.3) is 0 Å². The van der Waals surface area contributed by atoms with Crippen LogP contribution in [0.2, 0.25) is 0 Å². The summed E-state index contributed by atoms with van der Waals surface area (Å²) in [6, 6.07) is 0.171. The normalized spacial score (nSPS) is 12.8. The van der Waals surface area contributed by atoms with Crippen molar-refractivity contribution >= 4 is 5.84 Å². The van der Waals surface area contributed by atoms with Crippen LogP contribution in [0.1, 0.15) is 25.8 Å². The van der Waals surface area contributed by atoms with Gasteiger partial charge >= 0.3 is 0 Å². The average Bonchev–Trinajstić information content (AvgIpc) is 2.51. The molecule has 66 valence electrons. The molecule has 0 saturated carbocycles. The van der Waals surface area contributed by atoms with Crippen LogP contribution in [0.3, 0.4) is 0 Å². The summed E-state index contributed by atoms with van der Waals surface area (Å²) < 4.78 is 1.74. The zero-order valence-electron chi connectivity index (χ0n) is 7.07. The van der Waals surface area contributed by atoms with Gasteiger partial charge in [-0.2, -0.15) is 5.10 Å². The summed E-state index contributed by atoms with van der Waals surface area (Å²) in [6.07, 6.45) is 4.59. The minimum atomic E-state index is 0.171. The number of aromatic nitrogens is 3. The maximum atomic E-state index is 7.15. The Kier molecular flexibility index (Phi) is 2.79. The molecule has 1 atom stereocenters. The highest BCUT2D eigenvalue weighted by molar-refractivity contribution is 5.77. The van der Waals surface area contributed by atoms with Crippen LogP contribution in [-0.2, 0) is 0 Å². The lowest BCUT2D eigenvalue weighted by molar-refractivity contribution is 0.451. The Hall–Kier alpha value is -1.39. The summed E-state index contributed by atoms with van der Waals surface area (Å²) in [5.74, 6) is 0.192. The van der Waals surface area contributed by atoms with E-state index in [-0.39, 0.29) is 11.9 Å². The van der Waals surface area contributed by atoms with E-state index < -0.39 is 0 Å². The van der Waals surface area contributed by atoms with E-state index in [4.69, 9.17) is 11.1 Å². The highest BCUT2D eigenvalue weighted by atomic mass is 15.3. The third kappa shape index (κ3) is 2.05. The maximum absolute atomic E-state index is 7.15. The van der Waals surface area contributed by atoms with Crippen molar-refractivity contribution in [2.24, 2.45) is 5.73 Å². The van der Waals surface area contributed by atoms with Gasteiger partial charge in [-0.3, -0.25) is 5.41 Å². The predicted molar refractivity (Wildman–Crippen MR) is 45.9 cm³/mol. The number of hydrogen-bond donors (Lipinski definition) is 2. The molecule has 1 unspecified atom stereocenters. The Balaban J connectivity index is 2.63. The Morgan fingerprint density at radius 3 is 2.92 bits per heavy atom. The van der Waals surface area contributed by atoms with Crippen molar-refractivity contribution in [1.82, 2.24) is 14.8 Å². The van der Waals surface area contributed by atoms with Crippen molar-refractivity contribution in [3.8, 4) is 0 Å². The second-order valence-electron chi connectivity index (χ2n) is 2.67. The van der Waals surface area contributed by atoms with Gasteiger partial charge in [-0.1, -0.05) is 6.92 Å². The lowest BCUT2D eigenvalue weighted by Crippen LogP contribution is -2.18. The molecule has 5 heteroatoms. The van der Waals surface area contributed by atoms with E-state index in [2.05, 4.69) is 10.1 Å².